The number of nitrogens with one attached hydrogen (secondary N) is 1. The molecule has 2 aromatic carbocycles. The number of ether oxygens (including phenoxy) is 3. The van der Waals surface area contributed by atoms with Crippen LogP contribution >= 0.6 is 0 Å². The van der Waals surface area contributed by atoms with E-state index in [9.17, 15) is 9.18 Å². The first kappa shape index (κ1) is 17.8. The molecule has 0 aromatic heterocycles. The van der Waals surface area contributed by atoms with E-state index in [1.54, 1.807) is 19.2 Å². The van der Waals surface area contributed by atoms with E-state index in [4.69, 9.17) is 14.2 Å². The second kappa shape index (κ2) is 8.42. The molecule has 0 saturated carbocycles. The molecule has 1 atom stereocenters. The molecule has 0 bridgehead atoms. The quantitative estimate of drug-likeness (QED) is 0.861. The van der Waals surface area contributed by atoms with Crippen LogP contribution < -0.4 is 19.5 Å². The number of fused-ring (bicyclic) bond motifs is 1. The van der Waals surface area contributed by atoms with Gasteiger partial charge in [0.05, 0.1) is 13.1 Å². The predicted octanol–water partition coefficient (Wildman–Crippen LogP) is 2.69. The molecule has 0 saturated heterocycles. The van der Waals surface area contributed by atoms with Crippen LogP contribution in [-0.2, 0) is 0 Å². The molecule has 2 aromatic rings. The van der Waals surface area contributed by atoms with Crippen molar-refractivity contribution in [3.05, 3.63) is 54.3 Å². The van der Waals surface area contributed by atoms with E-state index in [-0.39, 0.29) is 18.0 Å². The normalized spacial score (nSPS) is 15.2. The second-order valence-electron chi connectivity index (χ2n) is 5.91. The molecule has 0 unspecified atom stereocenters. The monoisotopic (exact) mass is 360 g/mol. The summed E-state index contributed by atoms with van der Waals surface area (Å²) in [7, 11) is 1.68. The van der Waals surface area contributed by atoms with E-state index in [0.717, 1.165) is 0 Å². The lowest BCUT2D eigenvalue weighted by Crippen LogP contribution is -2.45. The summed E-state index contributed by atoms with van der Waals surface area (Å²) < 4.78 is 29.7. The minimum absolute atomic E-state index is 0.227. The van der Waals surface area contributed by atoms with Gasteiger partial charge in [-0.15, -0.1) is 0 Å². The number of hydrogen-bond donors (Lipinski definition) is 1. The fraction of sp³-hybridized carbons (Fsp3) is 0.316. The highest BCUT2D eigenvalue weighted by molar-refractivity contribution is 5.73. The van der Waals surface area contributed by atoms with E-state index < -0.39 is 0 Å². The van der Waals surface area contributed by atoms with Gasteiger partial charge in [-0.25, -0.2) is 9.18 Å². The number of halogens is 1. The molecule has 0 radical (unpaired) electrons. The Bertz CT molecular complexity index is 739. The minimum Gasteiger partial charge on any atom is -0.492 e. The van der Waals surface area contributed by atoms with Crippen molar-refractivity contribution in [3.63, 3.8) is 0 Å². The summed E-state index contributed by atoms with van der Waals surface area (Å²) in [6.45, 7) is 1.44. The lowest BCUT2D eigenvalue weighted by atomic mass is 10.2. The largest absolute Gasteiger partial charge is 0.492 e. The van der Waals surface area contributed by atoms with Gasteiger partial charge in [0.15, 0.2) is 17.6 Å². The van der Waals surface area contributed by atoms with Gasteiger partial charge in [-0.3, -0.25) is 0 Å². The summed E-state index contributed by atoms with van der Waals surface area (Å²) in [5.74, 6) is 1.64. The van der Waals surface area contributed by atoms with Crippen LogP contribution in [0.5, 0.6) is 17.2 Å². The van der Waals surface area contributed by atoms with Crippen molar-refractivity contribution in [1.82, 2.24) is 10.2 Å². The fourth-order valence-electron chi connectivity index (χ4n) is 2.43. The molecule has 6 nitrogen and oxygen atoms in total. The molecule has 1 N–H and O–H groups in total. The van der Waals surface area contributed by atoms with Gasteiger partial charge in [-0.1, -0.05) is 12.1 Å². The smallest absolute Gasteiger partial charge is 0.317 e. The highest BCUT2D eigenvalue weighted by Crippen LogP contribution is 2.30. The number of hydrogen-bond acceptors (Lipinski definition) is 4. The van der Waals surface area contributed by atoms with E-state index in [2.05, 4.69) is 5.32 Å². The average molecular weight is 360 g/mol. The minimum atomic E-state index is -0.314. The van der Waals surface area contributed by atoms with Crippen LogP contribution in [0.2, 0.25) is 0 Å². The number of nitrogens with zero attached hydrogens (tertiary/aromatic N) is 1. The van der Waals surface area contributed by atoms with E-state index in [1.807, 2.05) is 24.3 Å². The molecule has 0 aliphatic carbocycles. The van der Waals surface area contributed by atoms with Gasteiger partial charge in [-0.05, 0) is 36.4 Å². The van der Waals surface area contributed by atoms with Crippen LogP contribution in [0.15, 0.2) is 48.5 Å². The van der Waals surface area contributed by atoms with Gasteiger partial charge in [0.25, 0.3) is 0 Å². The van der Waals surface area contributed by atoms with Gasteiger partial charge in [0.1, 0.15) is 24.8 Å². The van der Waals surface area contributed by atoms with Gasteiger partial charge in [-0.2, -0.15) is 0 Å². The molecule has 1 heterocycles. The Morgan fingerprint density at radius 1 is 1.23 bits per heavy atom. The third-order valence-electron chi connectivity index (χ3n) is 3.90. The molecule has 1 aliphatic heterocycles. The zero-order valence-electron chi connectivity index (χ0n) is 14.5. The Balaban J connectivity index is 1.37. The maximum absolute atomic E-state index is 12.8. The summed E-state index contributed by atoms with van der Waals surface area (Å²) in [4.78, 5) is 13.6. The Morgan fingerprint density at radius 3 is 2.73 bits per heavy atom. The SMILES string of the molecule is CN(CCOc1ccc(F)cc1)C(=O)NC[C@@H]1COc2ccccc2O1. The molecule has 0 fully saturated rings. The number of benzene rings is 2. The fourth-order valence-corrected chi connectivity index (χ4v) is 2.43. The highest BCUT2D eigenvalue weighted by Gasteiger charge is 2.21. The number of urea groups is 1. The Labute approximate surface area is 151 Å². The third-order valence-corrected chi connectivity index (χ3v) is 3.90. The molecular formula is C19H21FN2O4. The van der Waals surface area contributed by atoms with Crippen molar-refractivity contribution in [3.8, 4) is 17.2 Å². The highest BCUT2D eigenvalue weighted by atomic mass is 19.1. The molecular weight excluding hydrogens is 339 g/mol. The summed E-state index contributed by atoms with van der Waals surface area (Å²) in [6, 6.07) is 13.0. The number of rotatable bonds is 6. The third kappa shape index (κ3) is 4.78. The number of likely N-dealkylation sites (N-methyl/N-ethyl adjacent to an activating group) is 1. The Morgan fingerprint density at radius 2 is 1.96 bits per heavy atom. The molecule has 1 aliphatic rings. The number of para-hydroxylation sites is 2. The molecule has 2 amide bonds. The van der Waals surface area contributed by atoms with Gasteiger partial charge in [0.2, 0.25) is 0 Å². The molecule has 26 heavy (non-hydrogen) atoms. The Hall–Kier alpha value is -2.96. The lowest BCUT2D eigenvalue weighted by Gasteiger charge is -2.27. The number of amides is 2. The van der Waals surface area contributed by atoms with Crippen molar-refractivity contribution in [2.45, 2.75) is 6.10 Å². The molecule has 3 rings (SSSR count). The van der Waals surface area contributed by atoms with Gasteiger partial charge in [0, 0.05) is 7.05 Å². The van der Waals surface area contributed by atoms with Crippen LogP contribution in [0.3, 0.4) is 0 Å². The van der Waals surface area contributed by atoms with Crippen LogP contribution in [0.1, 0.15) is 0 Å². The summed E-state index contributed by atoms with van der Waals surface area (Å²) in [5.41, 5.74) is 0. The number of carbonyl (C=O) groups excluding carboxylic acids is 1. The van der Waals surface area contributed by atoms with Crippen molar-refractivity contribution in [2.75, 3.05) is 33.4 Å². The van der Waals surface area contributed by atoms with Gasteiger partial charge < -0.3 is 24.4 Å². The maximum Gasteiger partial charge on any atom is 0.317 e. The summed E-state index contributed by atoms with van der Waals surface area (Å²) >= 11 is 0. The van der Waals surface area contributed by atoms with E-state index in [0.29, 0.717) is 43.6 Å². The molecule has 7 heteroatoms. The maximum atomic E-state index is 12.8. The average Bonchev–Trinajstić information content (AvgIpc) is 2.67. The van der Waals surface area contributed by atoms with Crippen molar-refractivity contribution in [2.24, 2.45) is 0 Å². The molecule has 138 valence electrons. The lowest BCUT2D eigenvalue weighted by molar-refractivity contribution is 0.0903. The second-order valence-corrected chi connectivity index (χ2v) is 5.91. The van der Waals surface area contributed by atoms with Crippen LogP contribution in [-0.4, -0.2) is 50.4 Å². The first-order chi connectivity index (χ1) is 12.6. The van der Waals surface area contributed by atoms with Crippen LogP contribution in [0.4, 0.5) is 9.18 Å². The number of carbonyl (C=O) groups is 1. The van der Waals surface area contributed by atoms with E-state index >= 15 is 0 Å². The van der Waals surface area contributed by atoms with Crippen LogP contribution in [0, 0.1) is 5.82 Å². The predicted molar refractivity (Wildman–Crippen MR) is 94.3 cm³/mol. The van der Waals surface area contributed by atoms with Crippen molar-refractivity contribution >= 4 is 6.03 Å². The van der Waals surface area contributed by atoms with E-state index in [1.165, 1.54) is 17.0 Å². The van der Waals surface area contributed by atoms with Crippen molar-refractivity contribution in [1.29, 1.82) is 0 Å². The zero-order valence-corrected chi connectivity index (χ0v) is 14.5. The standard InChI is InChI=1S/C19H21FN2O4/c1-22(10-11-24-15-8-6-14(20)7-9-15)19(23)21-12-16-13-25-17-4-2-3-5-18(17)26-16/h2-9,16H,10-13H2,1H3,(H,21,23)/t16-/m1/s1. The Kier molecular flexibility index (Phi) is 5.78. The summed E-state index contributed by atoms with van der Waals surface area (Å²) in [5, 5.41) is 2.82. The first-order valence-corrected chi connectivity index (χ1v) is 8.37. The van der Waals surface area contributed by atoms with Crippen molar-refractivity contribution < 1.29 is 23.4 Å². The first-order valence-electron chi connectivity index (χ1n) is 8.37. The van der Waals surface area contributed by atoms with Gasteiger partial charge >= 0.3 is 6.03 Å². The molecule has 0 spiro atoms. The topological polar surface area (TPSA) is 60.0 Å². The van der Waals surface area contributed by atoms with Crippen LogP contribution in [0.25, 0.3) is 0 Å². The summed E-state index contributed by atoms with van der Waals surface area (Å²) in [6.07, 6.45) is -0.238. The zero-order chi connectivity index (χ0) is 18.4.